The summed E-state index contributed by atoms with van der Waals surface area (Å²) in [7, 11) is 0. The first-order valence-electron chi connectivity index (χ1n) is 4.15. The predicted molar refractivity (Wildman–Crippen MR) is 61.1 cm³/mol. The Hall–Kier alpha value is -1.09. The van der Waals surface area contributed by atoms with Crippen molar-refractivity contribution < 1.29 is 0 Å². The summed E-state index contributed by atoms with van der Waals surface area (Å²) in [6, 6.07) is 4.18. The van der Waals surface area contributed by atoms with Crippen LogP contribution in [0, 0.1) is 20.8 Å². The second-order valence-corrected chi connectivity index (χ2v) is 3.68. The van der Waals surface area contributed by atoms with Gasteiger partial charge >= 0.3 is 0 Å². The summed E-state index contributed by atoms with van der Waals surface area (Å²) in [5.74, 6) is 0. The number of nitrogens with one attached hydrogen (secondary N) is 1. The molecule has 0 radical (unpaired) electrons. The highest BCUT2D eigenvalue weighted by atomic mass is 32.1. The highest BCUT2D eigenvalue weighted by Gasteiger charge is 2.01. The fourth-order valence-corrected chi connectivity index (χ4v) is 1.34. The van der Waals surface area contributed by atoms with Crippen LogP contribution in [0.1, 0.15) is 16.7 Å². The van der Waals surface area contributed by atoms with Crippen LogP contribution in [-0.4, -0.2) is 5.11 Å². The molecule has 13 heavy (non-hydrogen) atoms. The van der Waals surface area contributed by atoms with Gasteiger partial charge in [-0.2, -0.15) is 0 Å². The first-order chi connectivity index (χ1) is 6.00. The number of hydrogen-bond donors (Lipinski definition) is 2. The third-order valence-corrected chi connectivity index (χ3v) is 2.20. The Balaban J connectivity index is 3.08. The minimum Gasteiger partial charge on any atom is -0.376 e. The summed E-state index contributed by atoms with van der Waals surface area (Å²) >= 11 is 4.78. The van der Waals surface area contributed by atoms with E-state index in [9.17, 15) is 0 Å². The molecule has 1 aromatic carbocycles. The zero-order valence-corrected chi connectivity index (χ0v) is 8.96. The van der Waals surface area contributed by atoms with Crippen LogP contribution in [0.2, 0.25) is 0 Å². The van der Waals surface area contributed by atoms with Crippen LogP contribution in [0.3, 0.4) is 0 Å². The fraction of sp³-hybridized carbons (Fsp3) is 0.300. The van der Waals surface area contributed by atoms with Crippen molar-refractivity contribution in [2.45, 2.75) is 20.8 Å². The van der Waals surface area contributed by atoms with E-state index in [2.05, 4.69) is 31.3 Å². The summed E-state index contributed by atoms with van der Waals surface area (Å²) < 4.78 is 0. The average molecular weight is 194 g/mol. The second-order valence-electron chi connectivity index (χ2n) is 3.24. The normalized spacial score (nSPS) is 9.77. The van der Waals surface area contributed by atoms with Gasteiger partial charge in [0.2, 0.25) is 0 Å². The Labute approximate surface area is 84.1 Å². The molecule has 0 saturated carbocycles. The Kier molecular flexibility index (Phi) is 2.88. The van der Waals surface area contributed by atoms with Gasteiger partial charge in [0.25, 0.3) is 0 Å². The maximum Gasteiger partial charge on any atom is 0.168 e. The SMILES string of the molecule is Cc1cc(C)c(NC(N)=S)cc1C. The lowest BCUT2D eigenvalue weighted by atomic mass is 10.1. The van der Waals surface area contributed by atoms with Gasteiger partial charge in [0.15, 0.2) is 5.11 Å². The number of anilines is 1. The van der Waals surface area contributed by atoms with Crippen molar-refractivity contribution in [2.24, 2.45) is 5.73 Å². The molecule has 3 heteroatoms. The molecule has 0 aliphatic carbocycles. The van der Waals surface area contributed by atoms with Crippen molar-refractivity contribution in [2.75, 3.05) is 5.32 Å². The smallest absolute Gasteiger partial charge is 0.168 e. The molecule has 0 unspecified atom stereocenters. The van der Waals surface area contributed by atoms with Crippen molar-refractivity contribution in [3.05, 3.63) is 28.8 Å². The number of nitrogens with two attached hydrogens (primary N) is 1. The lowest BCUT2D eigenvalue weighted by Crippen LogP contribution is -2.19. The molecular weight excluding hydrogens is 180 g/mol. The summed E-state index contributed by atoms with van der Waals surface area (Å²) in [5.41, 5.74) is 10.1. The second kappa shape index (κ2) is 3.75. The van der Waals surface area contributed by atoms with Crippen LogP contribution in [0.5, 0.6) is 0 Å². The molecule has 1 rings (SSSR count). The summed E-state index contributed by atoms with van der Waals surface area (Å²) in [6.45, 7) is 6.19. The van der Waals surface area contributed by atoms with E-state index < -0.39 is 0 Å². The lowest BCUT2D eigenvalue weighted by Gasteiger charge is -2.10. The molecule has 0 amide bonds. The van der Waals surface area contributed by atoms with E-state index in [1.807, 2.05) is 6.92 Å². The zero-order chi connectivity index (χ0) is 10.0. The monoisotopic (exact) mass is 194 g/mol. The summed E-state index contributed by atoms with van der Waals surface area (Å²) in [5, 5.41) is 3.26. The Morgan fingerprint density at radius 1 is 1.15 bits per heavy atom. The molecule has 0 aliphatic heterocycles. The molecule has 3 N–H and O–H groups in total. The van der Waals surface area contributed by atoms with Gasteiger partial charge in [-0.1, -0.05) is 6.07 Å². The van der Waals surface area contributed by atoms with Crippen molar-refractivity contribution in [3.8, 4) is 0 Å². The minimum absolute atomic E-state index is 0.311. The molecule has 70 valence electrons. The van der Waals surface area contributed by atoms with Crippen LogP contribution in [0.15, 0.2) is 12.1 Å². The van der Waals surface area contributed by atoms with E-state index in [1.54, 1.807) is 0 Å². The van der Waals surface area contributed by atoms with Crippen molar-refractivity contribution in [1.82, 2.24) is 0 Å². The molecule has 0 atom stereocenters. The first kappa shape index (κ1) is 9.99. The maximum absolute atomic E-state index is 5.40. The highest BCUT2D eigenvalue weighted by molar-refractivity contribution is 7.80. The predicted octanol–water partition coefficient (Wildman–Crippen LogP) is 2.27. The van der Waals surface area contributed by atoms with Gasteiger partial charge in [0.05, 0.1) is 0 Å². The van der Waals surface area contributed by atoms with E-state index in [0.29, 0.717) is 5.11 Å². The Bertz CT molecular complexity index is 345. The van der Waals surface area contributed by atoms with Gasteiger partial charge in [0, 0.05) is 5.69 Å². The van der Waals surface area contributed by atoms with Crippen LogP contribution in [0.4, 0.5) is 5.69 Å². The average Bonchev–Trinajstić information content (AvgIpc) is 1.99. The third-order valence-electron chi connectivity index (χ3n) is 2.10. The van der Waals surface area contributed by atoms with Gasteiger partial charge in [-0.25, -0.2) is 0 Å². The van der Waals surface area contributed by atoms with Gasteiger partial charge in [0.1, 0.15) is 0 Å². The van der Waals surface area contributed by atoms with Crippen LogP contribution in [-0.2, 0) is 0 Å². The topological polar surface area (TPSA) is 38.0 Å². The van der Waals surface area contributed by atoms with E-state index in [4.69, 9.17) is 18.0 Å². The van der Waals surface area contributed by atoms with Crippen LogP contribution < -0.4 is 11.1 Å². The largest absolute Gasteiger partial charge is 0.376 e. The Morgan fingerprint density at radius 2 is 1.69 bits per heavy atom. The molecular formula is C10H14N2S. The van der Waals surface area contributed by atoms with Crippen molar-refractivity contribution in [1.29, 1.82) is 0 Å². The number of benzene rings is 1. The van der Waals surface area contributed by atoms with Crippen molar-refractivity contribution in [3.63, 3.8) is 0 Å². The quantitative estimate of drug-likeness (QED) is 0.673. The number of aryl methyl sites for hydroxylation is 3. The first-order valence-corrected chi connectivity index (χ1v) is 4.56. The highest BCUT2D eigenvalue weighted by Crippen LogP contribution is 2.19. The molecule has 0 fully saturated rings. The zero-order valence-electron chi connectivity index (χ0n) is 8.14. The summed E-state index contributed by atoms with van der Waals surface area (Å²) in [6.07, 6.45) is 0. The summed E-state index contributed by atoms with van der Waals surface area (Å²) in [4.78, 5) is 0. The molecule has 0 heterocycles. The van der Waals surface area contributed by atoms with Crippen molar-refractivity contribution >= 4 is 23.0 Å². The number of hydrogen-bond acceptors (Lipinski definition) is 1. The third kappa shape index (κ3) is 2.42. The Morgan fingerprint density at radius 3 is 2.23 bits per heavy atom. The molecule has 2 nitrogen and oxygen atoms in total. The molecule has 0 spiro atoms. The van der Waals surface area contributed by atoms with E-state index >= 15 is 0 Å². The van der Waals surface area contributed by atoms with Crippen LogP contribution in [0.25, 0.3) is 0 Å². The standard InChI is InChI=1S/C10H14N2S/c1-6-4-8(3)9(5-7(6)2)12-10(11)13/h4-5H,1-3H3,(H3,11,12,13). The molecule has 0 bridgehead atoms. The fourth-order valence-electron chi connectivity index (χ4n) is 1.23. The number of rotatable bonds is 1. The molecule has 0 aromatic heterocycles. The number of thiocarbonyl (C=S) groups is 1. The van der Waals surface area contributed by atoms with Crippen LogP contribution >= 0.6 is 12.2 Å². The lowest BCUT2D eigenvalue weighted by molar-refractivity contribution is 1.30. The maximum atomic E-state index is 5.40. The van der Waals surface area contributed by atoms with Gasteiger partial charge in [-0.05, 0) is 55.7 Å². The molecule has 0 aliphatic rings. The van der Waals surface area contributed by atoms with Gasteiger partial charge < -0.3 is 11.1 Å². The van der Waals surface area contributed by atoms with E-state index in [-0.39, 0.29) is 0 Å². The van der Waals surface area contributed by atoms with E-state index in [1.165, 1.54) is 11.1 Å². The van der Waals surface area contributed by atoms with E-state index in [0.717, 1.165) is 11.3 Å². The van der Waals surface area contributed by atoms with Gasteiger partial charge in [-0.15, -0.1) is 0 Å². The molecule has 0 saturated heterocycles. The minimum atomic E-state index is 0.311. The van der Waals surface area contributed by atoms with Gasteiger partial charge in [-0.3, -0.25) is 0 Å². The molecule has 1 aromatic rings.